The molecule has 38 heavy (non-hydrogen) atoms. The summed E-state index contributed by atoms with van der Waals surface area (Å²) >= 11 is 1.36. The van der Waals surface area contributed by atoms with Gasteiger partial charge in [0.05, 0.1) is 39.1 Å². The quantitative estimate of drug-likeness (QED) is 0.232. The Balaban J connectivity index is 1.45. The highest BCUT2D eigenvalue weighted by molar-refractivity contribution is 7.99. The minimum Gasteiger partial charge on any atom is -0.497 e. The van der Waals surface area contributed by atoms with Gasteiger partial charge in [-0.25, -0.2) is 0 Å². The molecule has 0 saturated heterocycles. The third kappa shape index (κ3) is 4.97. The van der Waals surface area contributed by atoms with Crippen LogP contribution in [0.25, 0.3) is 16.6 Å². The normalized spacial score (nSPS) is 11.1. The van der Waals surface area contributed by atoms with Crippen molar-refractivity contribution in [2.24, 2.45) is 0 Å². The van der Waals surface area contributed by atoms with Gasteiger partial charge < -0.3 is 19.1 Å². The fourth-order valence-electron chi connectivity index (χ4n) is 4.40. The lowest BCUT2D eigenvalue weighted by Gasteiger charge is -2.23. The van der Waals surface area contributed by atoms with E-state index in [0.29, 0.717) is 23.2 Å². The molecule has 0 N–H and O–H groups in total. The molecule has 0 aliphatic heterocycles. The lowest BCUT2D eigenvalue weighted by atomic mass is 10.1. The van der Waals surface area contributed by atoms with E-state index in [0.717, 1.165) is 39.1 Å². The maximum Gasteiger partial charge on any atom is 0.237 e. The number of aromatic nitrogens is 3. The molecule has 0 aliphatic rings. The van der Waals surface area contributed by atoms with Crippen LogP contribution in [0.4, 0.5) is 5.69 Å². The third-order valence-electron chi connectivity index (χ3n) is 6.32. The molecule has 0 fully saturated rings. The SMILES string of the molecule is COc1ccc2cc(C)c3nnc(SCC(=O)N(Cc4ccc(OC)c(OC)c4)c4ccccc4)n3c2c1. The van der Waals surface area contributed by atoms with Gasteiger partial charge in [-0.15, -0.1) is 10.2 Å². The van der Waals surface area contributed by atoms with E-state index < -0.39 is 0 Å². The number of rotatable bonds is 9. The van der Waals surface area contributed by atoms with E-state index in [1.54, 1.807) is 26.2 Å². The zero-order chi connectivity index (χ0) is 26.6. The number of hydrogen-bond acceptors (Lipinski definition) is 7. The number of benzene rings is 3. The van der Waals surface area contributed by atoms with E-state index in [4.69, 9.17) is 14.2 Å². The van der Waals surface area contributed by atoms with Gasteiger partial charge in [0, 0.05) is 11.8 Å². The van der Waals surface area contributed by atoms with Gasteiger partial charge in [0.2, 0.25) is 5.91 Å². The second-order valence-corrected chi connectivity index (χ2v) is 9.63. The highest BCUT2D eigenvalue weighted by Crippen LogP contribution is 2.31. The number of carbonyl (C=O) groups excluding carboxylic acids is 1. The Morgan fingerprint density at radius 3 is 2.42 bits per heavy atom. The largest absolute Gasteiger partial charge is 0.497 e. The lowest BCUT2D eigenvalue weighted by Crippen LogP contribution is -2.32. The van der Waals surface area contributed by atoms with Crippen LogP contribution in [0.5, 0.6) is 17.2 Å². The number of thioether (sulfide) groups is 1. The Morgan fingerprint density at radius 2 is 1.68 bits per heavy atom. The van der Waals surface area contributed by atoms with E-state index >= 15 is 0 Å². The van der Waals surface area contributed by atoms with Crippen LogP contribution >= 0.6 is 11.8 Å². The van der Waals surface area contributed by atoms with Crippen LogP contribution in [0.1, 0.15) is 11.1 Å². The summed E-state index contributed by atoms with van der Waals surface area (Å²) in [5.41, 5.74) is 4.42. The Hall–Kier alpha value is -4.24. The number of carbonyl (C=O) groups is 1. The molecular weight excluding hydrogens is 500 g/mol. The van der Waals surface area contributed by atoms with Crippen molar-refractivity contribution in [3.63, 3.8) is 0 Å². The molecule has 0 unspecified atom stereocenters. The number of amides is 1. The number of pyridine rings is 1. The van der Waals surface area contributed by atoms with Gasteiger partial charge in [0.25, 0.3) is 0 Å². The van der Waals surface area contributed by atoms with Gasteiger partial charge in [-0.1, -0.05) is 36.0 Å². The van der Waals surface area contributed by atoms with E-state index in [1.807, 2.05) is 78.1 Å². The molecule has 1 amide bonds. The summed E-state index contributed by atoms with van der Waals surface area (Å²) in [6.45, 7) is 2.39. The standard InChI is InChI=1S/C29H28N4O4S/c1-19-14-21-11-12-23(35-2)16-24(21)33-28(19)30-31-29(33)38-18-27(34)32(22-8-6-5-7-9-22)17-20-10-13-25(36-3)26(15-20)37-4/h5-16H,17-18H2,1-4H3. The Morgan fingerprint density at radius 1 is 0.895 bits per heavy atom. The Bertz CT molecular complexity index is 1600. The van der Waals surface area contributed by atoms with Gasteiger partial charge in [-0.3, -0.25) is 9.20 Å². The van der Waals surface area contributed by atoms with Crippen molar-refractivity contribution in [2.75, 3.05) is 32.0 Å². The van der Waals surface area contributed by atoms with Gasteiger partial charge in [-0.05, 0) is 65.9 Å². The highest BCUT2D eigenvalue weighted by atomic mass is 32.2. The van der Waals surface area contributed by atoms with Crippen LogP contribution in [-0.2, 0) is 11.3 Å². The van der Waals surface area contributed by atoms with Crippen molar-refractivity contribution in [1.29, 1.82) is 0 Å². The van der Waals surface area contributed by atoms with Crippen LogP contribution < -0.4 is 19.1 Å². The number of aryl methyl sites for hydroxylation is 1. The topological polar surface area (TPSA) is 78.2 Å². The number of ether oxygens (including phenoxy) is 3. The fraction of sp³-hybridized carbons (Fsp3) is 0.207. The van der Waals surface area contributed by atoms with E-state index in [-0.39, 0.29) is 11.7 Å². The Kier molecular flexibility index (Phi) is 7.37. The first kappa shape index (κ1) is 25.4. The zero-order valence-corrected chi connectivity index (χ0v) is 22.5. The zero-order valence-electron chi connectivity index (χ0n) is 21.7. The molecule has 0 saturated carbocycles. The van der Waals surface area contributed by atoms with Crippen molar-refractivity contribution in [3.8, 4) is 17.2 Å². The second-order valence-electron chi connectivity index (χ2n) is 8.69. The van der Waals surface area contributed by atoms with Gasteiger partial charge >= 0.3 is 0 Å². The Labute approximate surface area is 225 Å². The molecular formula is C29H28N4O4S. The predicted molar refractivity (Wildman–Crippen MR) is 150 cm³/mol. The van der Waals surface area contributed by atoms with Crippen molar-refractivity contribution in [3.05, 3.63) is 83.9 Å². The summed E-state index contributed by atoms with van der Waals surface area (Å²) in [5, 5.41) is 10.5. The first-order valence-corrected chi connectivity index (χ1v) is 13.0. The smallest absolute Gasteiger partial charge is 0.237 e. The van der Waals surface area contributed by atoms with Crippen molar-refractivity contribution in [1.82, 2.24) is 14.6 Å². The number of hydrogen-bond donors (Lipinski definition) is 0. The molecule has 194 valence electrons. The molecule has 5 aromatic rings. The first-order chi connectivity index (χ1) is 18.5. The molecule has 0 radical (unpaired) electrons. The number of para-hydroxylation sites is 1. The summed E-state index contributed by atoms with van der Waals surface area (Å²) in [6.07, 6.45) is 0. The number of fused-ring (bicyclic) bond motifs is 3. The van der Waals surface area contributed by atoms with Crippen molar-refractivity contribution >= 4 is 39.9 Å². The van der Waals surface area contributed by atoms with E-state index in [9.17, 15) is 4.79 Å². The van der Waals surface area contributed by atoms with Crippen LogP contribution in [0.15, 0.2) is 78.0 Å². The van der Waals surface area contributed by atoms with Crippen LogP contribution in [0.3, 0.4) is 0 Å². The predicted octanol–water partition coefficient (Wildman–Crippen LogP) is 5.54. The summed E-state index contributed by atoms with van der Waals surface area (Å²) in [6, 6.07) is 23.3. The van der Waals surface area contributed by atoms with E-state index in [1.165, 1.54) is 11.8 Å². The lowest BCUT2D eigenvalue weighted by molar-refractivity contribution is -0.116. The highest BCUT2D eigenvalue weighted by Gasteiger charge is 2.20. The molecule has 9 heteroatoms. The van der Waals surface area contributed by atoms with Crippen molar-refractivity contribution in [2.45, 2.75) is 18.6 Å². The molecule has 8 nitrogen and oxygen atoms in total. The summed E-state index contributed by atoms with van der Waals surface area (Å²) in [5.74, 6) is 2.13. The molecule has 2 heterocycles. The molecule has 3 aromatic carbocycles. The maximum absolute atomic E-state index is 13.7. The van der Waals surface area contributed by atoms with E-state index in [2.05, 4.69) is 16.3 Å². The third-order valence-corrected chi connectivity index (χ3v) is 7.23. The van der Waals surface area contributed by atoms with Gasteiger partial charge in [-0.2, -0.15) is 0 Å². The monoisotopic (exact) mass is 528 g/mol. The average Bonchev–Trinajstić information content (AvgIpc) is 3.40. The van der Waals surface area contributed by atoms with Crippen LogP contribution in [0, 0.1) is 6.92 Å². The van der Waals surface area contributed by atoms with Crippen LogP contribution in [-0.4, -0.2) is 47.6 Å². The van der Waals surface area contributed by atoms with Crippen molar-refractivity contribution < 1.29 is 19.0 Å². The number of nitrogens with zero attached hydrogens (tertiary/aromatic N) is 4. The second kappa shape index (κ2) is 11.0. The molecule has 0 bridgehead atoms. The molecule has 2 aromatic heterocycles. The van der Waals surface area contributed by atoms with Gasteiger partial charge in [0.1, 0.15) is 5.75 Å². The molecule has 0 spiro atoms. The number of anilines is 1. The summed E-state index contributed by atoms with van der Waals surface area (Å²) in [4.78, 5) is 15.4. The van der Waals surface area contributed by atoms with Crippen LogP contribution in [0.2, 0.25) is 0 Å². The summed E-state index contributed by atoms with van der Waals surface area (Å²) in [7, 11) is 4.84. The summed E-state index contributed by atoms with van der Waals surface area (Å²) < 4.78 is 18.3. The molecule has 0 atom stereocenters. The molecule has 0 aliphatic carbocycles. The average molecular weight is 529 g/mol. The number of methoxy groups -OCH3 is 3. The minimum atomic E-state index is -0.0534. The fourth-order valence-corrected chi connectivity index (χ4v) is 5.22. The maximum atomic E-state index is 13.7. The van der Waals surface area contributed by atoms with Gasteiger partial charge in [0.15, 0.2) is 22.3 Å². The minimum absolute atomic E-state index is 0.0534. The molecule has 5 rings (SSSR count). The first-order valence-electron chi connectivity index (χ1n) is 12.0.